The first kappa shape index (κ1) is 14.2. The number of nitrogens with zero attached hydrogens (tertiary/aromatic N) is 1. The summed E-state index contributed by atoms with van der Waals surface area (Å²) in [5.74, 6) is -0.907. The van der Waals surface area contributed by atoms with Gasteiger partial charge in [0.2, 0.25) is 0 Å². The highest BCUT2D eigenvalue weighted by atomic mass is 35.5. The molecule has 5 heteroatoms. The molecule has 0 radical (unpaired) electrons. The molecular formula is C15H15ClN2O2. The maximum absolute atomic E-state index is 11.0. The molecule has 0 saturated carbocycles. The molecule has 0 heterocycles. The summed E-state index contributed by atoms with van der Waals surface area (Å²) in [5.41, 5.74) is 8.11. The van der Waals surface area contributed by atoms with E-state index >= 15 is 0 Å². The maximum atomic E-state index is 11.0. The second kappa shape index (κ2) is 6.30. The number of hydrogen-bond donors (Lipinski definition) is 2. The molecule has 3 N–H and O–H groups in total. The molecule has 0 amide bonds. The third kappa shape index (κ3) is 3.65. The van der Waals surface area contributed by atoms with E-state index in [1.165, 1.54) is 0 Å². The van der Waals surface area contributed by atoms with Gasteiger partial charge in [-0.3, -0.25) is 4.79 Å². The molecule has 0 bridgehead atoms. The highest BCUT2D eigenvalue weighted by molar-refractivity contribution is 6.30. The largest absolute Gasteiger partial charge is 0.480 e. The van der Waals surface area contributed by atoms with Crippen molar-refractivity contribution in [2.75, 3.05) is 17.2 Å². The topological polar surface area (TPSA) is 66.6 Å². The number of rotatable bonds is 5. The number of hydrogen-bond acceptors (Lipinski definition) is 3. The van der Waals surface area contributed by atoms with Gasteiger partial charge in [-0.2, -0.15) is 0 Å². The standard InChI is InChI=1S/C15H15ClN2O2/c16-12-5-3-4-11(8-12)9-18(10-15(19)20)14-7-2-1-6-13(14)17/h1-8H,9-10,17H2,(H,19,20). The monoisotopic (exact) mass is 290 g/mol. The quantitative estimate of drug-likeness (QED) is 0.831. The SMILES string of the molecule is Nc1ccccc1N(CC(=O)O)Cc1cccc(Cl)c1. The van der Waals surface area contributed by atoms with Crippen LogP contribution in [0.2, 0.25) is 5.02 Å². The Bertz CT molecular complexity index is 616. The predicted octanol–water partition coefficient (Wildman–Crippen LogP) is 3.01. The summed E-state index contributed by atoms with van der Waals surface area (Å²) in [5, 5.41) is 9.68. The van der Waals surface area contributed by atoms with E-state index in [1.54, 1.807) is 17.0 Å². The smallest absolute Gasteiger partial charge is 0.323 e. The number of para-hydroxylation sites is 2. The molecule has 2 aromatic rings. The number of nitrogens with two attached hydrogens (primary N) is 1. The summed E-state index contributed by atoms with van der Waals surface area (Å²) in [6.07, 6.45) is 0. The van der Waals surface area contributed by atoms with Crippen LogP contribution in [0.5, 0.6) is 0 Å². The van der Waals surface area contributed by atoms with E-state index in [4.69, 9.17) is 22.4 Å². The van der Waals surface area contributed by atoms with E-state index in [2.05, 4.69) is 0 Å². The van der Waals surface area contributed by atoms with Crippen LogP contribution in [-0.2, 0) is 11.3 Å². The van der Waals surface area contributed by atoms with Gasteiger partial charge in [0.15, 0.2) is 0 Å². The first-order chi connectivity index (χ1) is 9.56. The molecule has 0 aromatic heterocycles. The van der Waals surface area contributed by atoms with Crippen molar-refractivity contribution in [2.24, 2.45) is 0 Å². The lowest BCUT2D eigenvalue weighted by Gasteiger charge is -2.24. The van der Waals surface area contributed by atoms with Gasteiger partial charge in [-0.15, -0.1) is 0 Å². The Balaban J connectivity index is 2.29. The number of anilines is 2. The van der Waals surface area contributed by atoms with Gasteiger partial charge in [-0.05, 0) is 29.8 Å². The van der Waals surface area contributed by atoms with E-state index in [1.807, 2.05) is 36.4 Å². The summed E-state index contributed by atoms with van der Waals surface area (Å²) < 4.78 is 0. The summed E-state index contributed by atoms with van der Waals surface area (Å²) in [7, 11) is 0. The second-order valence-corrected chi connectivity index (χ2v) is 4.87. The molecule has 0 spiro atoms. The van der Waals surface area contributed by atoms with Crippen molar-refractivity contribution < 1.29 is 9.90 Å². The van der Waals surface area contributed by atoms with Crippen LogP contribution < -0.4 is 10.6 Å². The summed E-state index contributed by atoms with van der Waals surface area (Å²) in [6, 6.07) is 14.5. The van der Waals surface area contributed by atoms with Crippen molar-refractivity contribution in [3.05, 3.63) is 59.1 Å². The van der Waals surface area contributed by atoms with E-state index in [0.717, 1.165) is 5.56 Å². The molecule has 2 aromatic carbocycles. The van der Waals surface area contributed by atoms with E-state index in [0.29, 0.717) is 22.9 Å². The van der Waals surface area contributed by atoms with E-state index in [-0.39, 0.29) is 6.54 Å². The minimum atomic E-state index is -0.907. The average Bonchev–Trinajstić information content (AvgIpc) is 2.38. The number of benzene rings is 2. The zero-order valence-electron chi connectivity index (χ0n) is 10.8. The Morgan fingerprint density at radius 3 is 2.60 bits per heavy atom. The Morgan fingerprint density at radius 2 is 1.95 bits per heavy atom. The molecule has 0 saturated heterocycles. The fraction of sp³-hybridized carbons (Fsp3) is 0.133. The molecule has 0 fully saturated rings. The number of carboxylic acids is 1. The van der Waals surface area contributed by atoms with Gasteiger partial charge in [-0.1, -0.05) is 35.9 Å². The van der Waals surface area contributed by atoms with Crippen LogP contribution in [-0.4, -0.2) is 17.6 Å². The molecule has 20 heavy (non-hydrogen) atoms. The summed E-state index contributed by atoms with van der Waals surface area (Å²) in [4.78, 5) is 12.8. The summed E-state index contributed by atoms with van der Waals surface area (Å²) >= 11 is 5.95. The Hall–Kier alpha value is -2.20. The average molecular weight is 291 g/mol. The number of nitrogen functional groups attached to an aromatic ring is 1. The Morgan fingerprint density at radius 1 is 1.20 bits per heavy atom. The van der Waals surface area contributed by atoms with Crippen molar-refractivity contribution in [1.29, 1.82) is 0 Å². The van der Waals surface area contributed by atoms with Crippen LogP contribution in [0.4, 0.5) is 11.4 Å². The molecule has 0 unspecified atom stereocenters. The number of carboxylic acid groups (broad SMARTS) is 1. The minimum Gasteiger partial charge on any atom is -0.480 e. The predicted molar refractivity (Wildman–Crippen MR) is 81.0 cm³/mol. The first-order valence-corrected chi connectivity index (χ1v) is 6.50. The van der Waals surface area contributed by atoms with Gasteiger partial charge in [0.1, 0.15) is 6.54 Å². The van der Waals surface area contributed by atoms with Crippen LogP contribution in [0.3, 0.4) is 0 Å². The number of carbonyl (C=O) groups is 1. The normalized spacial score (nSPS) is 10.2. The van der Waals surface area contributed by atoms with Gasteiger partial charge in [0.05, 0.1) is 11.4 Å². The highest BCUT2D eigenvalue weighted by Crippen LogP contribution is 2.24. The van der Waals surface area contributed by atoms with Crippen LogP contribution >= 0.6 is 11.6 Å². The van der Waals surface area contributed by atoms with Crippen molar-refractivity contribution in [1.82, 2.24) is 0 Å². The third-order valence-corrected chi connectivity index (χ3v) is 3.10. The van der Waals surface area contributed by atoms with Crippen molar-refractivity contribution >= 4 is 28.9 Å². The van der Waals surface area contributed by atoms with Crippen LogP contribution in [0.25, 0.3) is 0 Å². The van der Waals surface area contributed by atoms with Gasteiger partial charge in [0.25, 0.3) is 0 Å². The zero-order chi connectivity index (χ0) is 14.5. The fourth-order valence-corrected chi connectivity index (χ4v) is 2.23. The van der Waals surface area contributed by atoms with E-state index < -0.39 is 5.97 Å². The van der Waals surface area contributed by atoms with Gasteiger partial charge in [-0.25, -0.2) is 0 Å². The highest BCUT2D eigenvalue weighted by Gasteiger charge is 2.13. The Labute approximate surface area is 122 Å². The number of halogens is 1. The molecule has 4 nitrogen and oxygen atoms in total. The van der Waals surface area contributed by atoms with Gasteiger partial charge in [0, 0.05) is 11.6 Å². The molecule has 0 aliphatic rings. The fourth-order valence-electron chi connectivity index (χ4n) is 2.02. The first-order valence-electron chi connectivity index (χ1n) is 6.12. The zero-order valence-corrected chi connectivity index (χ0v) is 11.5. The maximum Gasteiger partial charge on any atom is 0.323 e. The van der Waals surface area contributed by atoms with Crippen molar-refractivity contribution in [2.45, 2.75) is 6.54 Å². The summed E-state index contributed by atoms with van der Waals surface area (Å²) in [6.45, 7) is 0.307. The lowest BCUT2D eigenvalue weighted by atomic mass is 10.2. The number of aliphatic carboxylic acids is 1. The van der Waals surface area contributed by atoms with Crippen molar-refractivity contribution in [3.63, 3.8) is 0 Å². The molecule has 0 atom stereocenters. The molecule has 0 aliphatic heterocycles. The van der Waals surface area contributed by atoms with Gasteiger partial charge >= 0.3 is 5.97 Å². The van der Waals surface area contributed by atoms with Gasteiger partial charge < -0.3 is 15.7 Å². The lowest BCUT2D eigenvalue weighted by Crippen LogP contribution is -2.29. The molecule has 0 aliphatic carbocycles. The third-order valence-electron chi connectivity index (χ3n) is 2.87. The minimum absolute atomic E-state index is 0.124. The van der Waals surface area contributed by atoms with Crippen LogP contribution in [0.1, 0.15) is 5.56 Å². The molecule has 104 valence electrons. The van der Waals surface area contributed by atoms with Crippen molar-refractivity contribution in [3.8, 4) is 0 Å². The lowest BCUT2D eigenvalue weighted by molar-refractivity contribution is -0.135. The van der Waals surface area contributed by atoms with Crippen LogP contribution in [0.15, 0.2) is 48.5 Å². The Kier molecular flexibility index (Phi) is 4.48. The van der Waals surface area contributed by atoms with Crippen LogP contribution in [0, 0.1) is 0 Å². The molecule has 2 rings (SSSR count). The second-order valence-electron chi connectivity index (χ2n) is 4.44. The molecular weight excluding hydrogens is 276 g/mol. The van der Waals surface area contributed by atoms with E-state index in [9.17, 15) is 4.79 Å².